The lowest BCUT2D eigenvalue weighted by Gasteiger charge is -2.18. The third kappa shape index (κ3) is 4.22. The van der Waals surface area contributed by atoms with Crippen molar-refractivity contribution in [1.29, 1.82) is 0 Å². The molecule has 1 unspecified atom stereocenters. The van der Waals surface area contributed by atoms with E-state index < -0.39 is 17.8 Å². The Labute approximate surface area is 114 Å². The van der Waals surface area contributed by atoms with E-state index in [4.69, 9.17) is 23.2 Å². The zero-order valence-electron chi connectivity index (χ0n) is 9.52. The molecule has 4 nitrogen and oxygen atoms in total. The normalized spacial score (nSPS) is 13.2. The van der Waals surface area contributed by atoms with Crippen molar-refractivity contribution in [3.63, 3.8) is 0 Å². The van der Waals surface area contributed by atoms with Crippen molar-refractivity contribution in [3.05, 3.63) is 45.6 Å². The van der Waals surface area contributed by atoms with Crippen LogP contribution < -0.4 is 5.11 Å². The Morgan fingerprint density at radius 1 is 1.56 bits per heavy atom. The summed E-state index contributed by atoms with van der Waals surface area (Å²) >= 11 is 11.6. The fourth-order valence-corrected chi connectivity index (χ4v) is 1.86. The summed E-state index contributed by atoms with van der Waals surface area (Å²) in [7, 11) is 1.17. The predicted molar refractivity (Wildman–Crippen MR) is 66.1 cm³/mol. The zero-order chi connectivity index (χ0) is 13.7. The molecule has 1 aromatic carbocycles. The van der Waals surface area contributed by atoms with Gasteiger partial charge in [-0.1, -0.05) is 29.3 Å². The number of methoxy groups -OCH3 is 1. The van der Waals surface area contributed by atoms with E-state index in [0.717, 1.165) is 6.08 Å². The van der Waals surface area contributed by atoms with Gasteiger partial charge in [0.25, 0.3) is 0 Å². The van der Waals surface area contributed by atoms with Gasteiger partial charge in [-0.05, 0) is 24.1 Å². The number of halogens is 2. The molecule has 0 aromatic heterocycles. The smallest absolute Gasteiger partial charge is 0.329 e. The fraction of sp³-hybridized carbons (Fsp3) is 0.250. The molecular formula is C12H11Cl2O4-. The van der Waals surface area contributed by atoms with Crippen molar-refractivity contribution in [2.75, 3.05) is 7.11 Å². The van der Waals surface area contributed by atoms with Crippen molar-refractivity contribution >= 4 is 29.2 Å². The van der Waals surface area contributed by atoms with Gasteiger partial charge in [-0.3, -0.25) is 0 Å². The minimum Gasteiger partial charge on any atom is -0.875 e. The first-order valence-electron chi connectivity index (χ1n) is 5.02. The van der Waals surface area contributed by atoms with Crippen LogP contribution in [-0.4, -0.2) is 18.2 Å². The Morgan fingerprint density at radius 3 is 2.78 bits per heavy atom. The summed E-state index contributed by atoms with van der Waals surface area (Å²) in [6.07, 6.45) is -0.563. The van der Waals surface area contributed by atoms with E-state index in [1.54, 1.807) is 6.07 Å². The van der Waals surface area contributed by atoms with Crippen LogP contribution in [0.3, 0.4) is 0 Å². The summed E-state index contributed by atoms with van der Waals surface area (Å²) in [5.41, 5.74) is 0.382. The molecule has 0 saturated carbocycles. The van der Waals surface area contributed by atoms with Crippen LogP contribution in [-0.2, 0) is 9.53 Å². The summed E-state index contributed by atoms with van der Waals surface area (Å²) < 4.78 is 4.31. The summed E-state index contributed by atoms with van der Waals surface area (Å²) in [5, 5.41) is 21.9. The number of ether oxygens (including phenoxy) is 1. The Balaban J connectivity index is 2.79. The predicted octanol–water partition coefficient (Wildman–Crippen LogP) is 1.83. The van der Waals surface area contributed by atoms with Gasteiger partial charge in [0.2, 0.25) is 0 Å². The first-order valence-corrected chi connectivity index (χ1v) is 5.78. The maximum atomic E-state index is 11.4. The van der Waals surface area contributed by atoms with Gasteiger partial charge in [0.15, 0.2) is 0 Å². The maximum Gasteiger partial charge on any atom is 0.329 e. The molecule has 0 fully saturated rings. The monoisotopic (exact) mass is 289 g/mol. The summed E-state index contributed by atoms with van der Waals surface area (Å²) in [6.45, 7) is 0. The van der Waals surface area contributed by atoms with Crippen molar-refractivity contribution < 1.29 is 19.7 Å². The van der Waals surface area contributed by atoms with Crippen molar-refractivity contribution in [2.45, 2.75) is 12.5 Å². The minimum absolute atomic E-state index is 0.254. The highest BCUT2D eigenvalue weighted by Crippen LogP contribution is 2.28. The molecule has 0 radical (unpaired) electrons. The number of hydrogen-bond donors (Lipinski definition) is 1. The molecule has 0 aliphatic rings. The summed E-state index contributed by atoms with van der Waals surface area (Å²) in [4.78, 5) is 10.8. The van der Waals surface area contributed by atoms with E-state index in [1.165, 1.54) is 19.2 Å². The van der Waals surface area contributed by atoms with Crippen LogP contribution >= 0.6 is 23.2 Å². The summed E-state index contributed by atoms with van der Waals surface area (Å²) in [6, 6.07) is 4.55. The van der Waals surface area contributed by atoms with Crippen LogP contribution in [0, 0.1) is 0 Å². The molecule has 0 spiro atoms. The van der Waals surface area contributed by atoms with Gasteiger partial charge in [-0.15, -0.1) is 5.76 Å². The topological polar surface area (TPSA) is 69.6 Å². The second-order valence-corrected chi connectivity index (χ2v) is 4.36. The molecule has 0 heterocycles. The van der Waals surface area contributed by atoms with Crippen LogP contribution in [0.5, 0.6) is 0 Å². The molecule has 1 rings (SSSR count). The van der Waals surface area contributed by atoms with E-state index in [-0.39, 0.29) is 11.4 Å². The summed E-state index contributed by atoms with van der Waals surface area (Å²) in [5.74, 6) is -1.30. The van der Waals surface area contributed by atoms with Gasteiger partial charge in [-0.2, -0.15) is 0 Å². The number of benzene rings is 1. The molecule has 0 aliphatic carbocycles. The zero-order valence-corrected chi connectivity index (χ0v) is 11.0. The van der Waals surface area contributed by atoms with Crippen molar-refractivity contribution in [2.24, 2.45) is 0 Å². The van der Waals surface area contributed by atoms with Crippen LogP contribution in [0.25, 0.3) is 0 Å². The van der Waals surface area contributed by atoms with Gasteiger partial charge in [0, 0.05) is 16.1 Å². The minimum atomic E-state index is -1.09. The van der Waals surface area contributed by atoms with Crippen LogP contribution in [0.15, 0.2) is 30.0 Å². The van der Waals surface area contributed by atoms with Gasteiger partial charge >= 0.3 is 5.97 Å². The van der Waals surface area contributed by atoms with Gasteiger partial charge in [-0.25, -0.2) is 4.79 Å². The highest BCUT2D eigenvalue weighted by atomic mass is 35.5. The number of esters is 1. The molecule has 0 bridgehead atoms. The van der Waals surface area contributed by atoms with E-state index >= 15 is 0 Å². The molecule has 6 heteroatoms. The Hall–Kier alpha value is -1.23. The lowest BCUT2D eigenvalue weighted by atomic mass is 10.1. The first kappa shape index (κ1) is 14.8. The highest BCUT2D eigenvalue weighted by molar-refractivity contribution is 6.35. The lowest BCUT2D eigenvalue weighted by molar-refractivity contribution is -0.309. The molecule has 1 N–H and O–H groups in total. The Kier molecular flexibility index (Phi) is 5.47. The van der Waals surface area contributed by atoms with Gasteiger partial charge in [0.1, 0.15) is 0 Å². The van der Waals surface area contributed by atoms with Crippen LogP contribution in [0.1, 0.15) is 18.1 Å². The average molecular weight is 290 g/mol. The average Bonchev–Trinajstić information content (AvgIpc) is 2.28. The molecule has 0 saturated heterocycles. The number of aliphatic hydroxyl groups excluding tert-OH is 1. The molecule has 0 aliphatic heterocycles. The molecule has 98 valence electrons. The second kappa shape index (κ2) is 6.64. The fourth-order valence-electron chi connectivity index (χ4n) is 1.32. The van der Waals surface area contributed by atoms with Gasteiger partial charge in [0.05, 0.1) is 13.2 Å². The van der Waals surface area contributed by atoms with E-state index in [1.807, 2.05) is 0 Å². The standard InChI is InChI=1S/C12H12Cl2O4/c1-18-12(17)6-8(15)5-11(16)9-3-2-7(13)4-10(9)14/h2-4,6,11,15-16H,5H2,1H3/p-1/b8-6-. The lowest BCUT2D eigenvalue weighted by Crippen LogP contribution is -2.12. The van der Waals surface area contributed by atoms with Crippen LogP contribution in [0.4, 0.5) is 0 Å². The van der Waals surface area contributed by atoms with Crippen molar-refractivity contribution in [1.82, 2.24) is 0 Å². The molecule has 18 heavy (non-hydrogen) atoms. The number of hydrogen-bond acceptors (Lipinski definition) is 4. The SMILES string of the molecule is COC(=O)/C=C(\[O-])CC(O)c1ccc(Cl)cc1Cl. The van der Waals surface area contributed by atoms with Crippen LogP contribution in [0.2, 0.25) is 10.0 Å². The number of carbonyl (C=O) groups excluding carboxylic acids is 1. The van der Waals surface area contributed by atoms with E-state index in [0.29, 0.717) is 10.6 Å². The third-order valence-corrected chi connectivity index (χ3v) is 2.76. The number of rotatable bonds is 4. The molecule has 1 aromatic rings. The molecule has 1 atom stereocenters. The first-order chi connectivity index (χ1) is 8.43. The Morgan fingerprint density at radius 2 is 2.22 bits per heavy atom. The van der Waals surface area contributed by atoms with Gasteiger partial charge < -0.3 is 14.9 Å². The van der Waals surface area contributed by atoms with E-state index in [9.17, 15) is 15.0 Å². The molecular weight excluding hydrogens is 279 g/mol. The maximum absolute atomic E-state index is 11.4. The second-order valence-electron chi connectivity index (χ2n) is 3.52. The molecule has 0 amide bonds. The Bertz CT molecular complexity index is 471. The highest BCUT2D eigenvalue weighted by Gasteiger charge is 2.11. The number of carbonyl (C=O) groups is 1. The van der Waals surface area contributed by atoms with E-state index in [2.05, 4.69) is 4.74 Å². The number of aliphatic hydroxyl groups is 1. The quantitative estimate of drug-likeness (QED) is 0.522. The third-order valence-electron chi connectivity index (χ3n) is 2.20. The largest absolute Gasteiger partial charge is 0.875 e. The van der Waals surface area contributed by atoms with Crippen molar-refractivity contribution in [3.8, 4) is 0 Å².